The van der Waals surface area contributed by atoms with Gasteiger partial charge < -0.3 is 4.98 Å². The van der Waals surface area contributed by atoms with Crippen molar-refractivity contribution in [1.29, 1.82) is 0 Å². The van der Waals surface area contributed by atoms with Gasteiger partial charge in [0, 0.05) is 0 Å². The first-order valence-electron chi connectivity index (χ1n) is 8.12. The van der Waals surface area contributed by atoms with Crippen molar-refractivity contribution in [1.82, 2.24) is 19.9 Å². The van der Waals surface area contributed by atoms with E-state index in [2.05, 4.69) is 80.6 Å². The van der Waals surface area contributed by atoms with E-state index in [0.29, 0.717) is 5.65 Å². The SMILES string of the molecule is c1cc2ccc3cccc4ccc(c1)c2c34.c1ncc2[nH]cnc2n1. The van der Waals surface area contributed by atoms with Crippen LogP contribution in [-0.2, 0) is 0 Å². The van der Waals surface area contributed by atoms with Crippen LogP contribution in [0, 0.1) is 0 Å². The predicted molar refractivity (Wildman–Crippen MR) is 102 cm³/mol. The van der Waals surface area contributed by atoms with Crippen molar-refractivity contribution in [3.05, 3.63) is 79.5 Å². The Balaban J connectivity index is 0.000000132. The lowest BCUT2D eigenvalue weighted by molar-refractivity contribution is 1.20. The highest BCUT2D eigenvalue weighted by atomic mass is 15.0. The molecule has 25 heavy (non-hydrogen) atoms. The highest BCUT2D eigenvalue weighted by molar-refractivity contribution is 6.22. The third kappa shape index (κ3) is 2.27. The molecule has 4 nitrogen and oxygen atoms in total. The lowest BCUT2D eigenvalue weighted by Crippen LogP contribution is -1.82. The largest absolute Gasteiger partial charge is 0.342 e. The fraction of sp³-hybridized carbons (Fsp3) is 0. The number of imidazole rings is 1. The van der Waals surface area contributed by atoms with E-state index in [1.807, 2.05) is 0 Å². The van der Waals surface area contributed by atoms with Crippen molar-refractivity contribution in [2.24, 2.45) is 0 Å². The second kappa shape index (κ2) is 5.53. The van der Waals surface area contributed by atoms with Crippen LogP contribution in [0.5, 0.6) is 0 Å². The fourth-order valence-electron chi connectivity index (χ4n) is 3.36. The van der Waals surface area contributed by atoms with E-state index in [4.69, 9.17) is 0 Å². The summed E-state index contributed by atoms with van der Waals surface area (Å²) in [6, 6.07) is 21.9. The standard InChI is InChI=1S/C16H10.C5H4N4/c1-3-11-7-9-13-5-2-6-14-10-8-12(4-1)15(11)16(13)14;1-4-5(8-2-6-1)9-3-7-4/h1-10H;1-3H,(H,6,7,8,9). The van der Waals surface area contributed by atoms with Gasteiger partial charge in [-0.05, 0) is 32.3 Å². The molecule has 0 saturated carbocycles. The molecular weight excluding hydrogens is 308 g/mol. The molecule has 0 aliphatic carbocycles. The zero-order valence-corrected chi connectivity index (χ0v) is 13.3. The van der Waals surface area contributed by atoms with Crippen LogP contribution in [0.4, 0.5) is 0 Å². The highest BCUT2D eigenvalue weighted by Gasteiger charge is 2.05. The molecule has 0 aliphatic rings. The average molecular weight is 322 g/mol. The molecule has 0 fully saturated rings. The third-order valence-corrected chi connectivity index (χ3v) is 4.49. The van der Waals surface area contributed by atoms with Crippen LogP contribution in [-0.4, -0.2) is 19.9 Å². The number of benzene rings is 4. The van der Waals surface area contributed by atoms with Gasteiger partial charge in [0.15, 0.2) is 5.65 Å². The van der Waals surface area contributed by atoms with Gasteiger partial charge in [0.25, 0.3) is 0 Å². The molecule has 0 unspecified atom stereocenters. The maximum absolute atomic E-state index is 3.91. The number of aromatic amines is 1. The number of H-pyrrole nitrogens is 1. The first-order chi connectivity index (χ1) is 12.4. The van der Waals surface area contributed by atoms with E-state index in [1.165, 1.54) is 38.6 Å². The number of nitrogens with zero attached hydrogens (tertiary/aromatic N) is 3. The van der Waals surface area contributed by atoms with E-state index in [-0.39, 0.29) is 0 Å². The molecule has 0 atom stereocenters. The van der Waals surface area contributed by atoms with Crippen molar-refractivity contribution < 1.29 is 0 Å². The molecule has 6 aromatic rings. The van der Waals surface area contributed by atoms with Gasteiger partial charge in [0.05, 0.1) is 12.5 Å². The minimum absolute atomic E-state index is 0.713. The topological polar surface area (TPSA) is 54.5 Å². The number of rotatable bonds is 0. The van der Waals surface area contributed by atoms with Crippen LogP contribution >= 0.6 is 0 Å². The van der Waals surface area contributed by atoms with E-state index in [1.54, 1.807) is 12.5 Å². The summed E-state index contributed by atoms with van der Waals surface area (Å²) < 4.78 is 0. The quantitative estimate of drug-likeness (QED) is 0.403. The van der Waals surface area contributed by atoms with Crippen molar-refractivity contribution in [3.8, 4) is 0 Å². The Labute approximate surface area is 143 Å². The molecule has 2 aromatic heterocycles. The number of aromatic nitrogens is 4. The summed E-state index contributed by atoms with van der Waals surface area (Å²) in [4.78, 5) is 14.5. The Morgan fingerprint density at radius 2 is 1.20 bits per heavy atom. The molecule has 2 heterocycles. The van der Waals surface area contributed by atoms with Crippen LogP contribution in [0.2, 0.25) is 0 Å². The second-order valence-corrected chi connectivity index (χ2v) is 5.95. The molecule has 118 valence electrons. The Kier molecular flexibility index (Phi) is 3.07. The summed E-state index contributed by atoms with van der Waals surface area (Å²) in [6.07, 6.45) is 4.76. The van der Waals surface area contributed by atoms with Gasteiger partial charge in [-0.3, -0.25) is 0 Å². The summed E-state index contributed by atoms with van der Waals surface area (Å²) in [5, 5.41) is 8.14. The van der Waals surface area contributed by atoms with Crippen LogP contribution in [0.25, 0.3) is 43.5 Å². The zero-order valence-electron chi connectivity index (χ0n) is 13.3. The molecular formula is C21H14N4. The third-order valence-electron chi connectivity index (χ3n) is 4.49. The lowest BCUT2D eigenvalue weighted by Gasteiger charge is -2.09. The summed E-state index contributed by atoms with van der Waals surface area (Å²) in [5.74, 6) is 0. The van der Waals surface area contributed by atoms with E-state index < -0.39 is 0 Å². The number of hydrogen-bond donors (Lipinski definition) is 1. The first kappa shape index (κ1) is 13.9. The molecule has 6 rings (SSSR count). The van der Waals surface area contributed by atoms with Crippen LogP contribution < -0.4 is 0 Å². The molecule has 0 saturated heterocycles. The summed E-state index contributed by atoms with van der Waals surface area (Å²) in [7, 11) is 0. The van der Waals surface area contributed by atoms with Gasteiger partial charge in [-0.25, -0.2) is 15.0 Å². The van der Waals surface area contributed by atoms with Gasteiger partial charge >= 0.3 is 0 Å². The van der Waals surface area contributed by atoms with Crippen molar-refractivity contribution >= 4 is 43.5 Å². The highest BCUT2D eigenvalue weighted by Crippen LogP contribution is 2.33. The molecule has 0 radical (unpaired) electrons. The average Bonchev–Trinajstić information content (AvgIpc) is 3.16. The molecule has 0 aliphatic heterocycles. The van der Waals surface area contributed by atoms with Gasteiger partial charge in [-0.1, -0.05) is 60.7 Å². The maximum Gasteiger partial charge on any atom is 0.180 e. The Bertz CT molecular complexity index is 1140. The number of hydrogen-bond acceptors (Lipinski definition) is 3. The van der Waals surface area contributed by atoms with Crippen molar-refractivity contribution in [2.45, 2.75) is 0 Å². The summed E-state index contributed by atoms with van der Waals surface area (Å²) in [5.41, 5.74) is 1.59. The second-order valence-electron chi connectivity index (χ2n) is 5.95. The number of fused-ring (bicyclic) bond motifs is 1. The predicted octanol–water partition coefficient (Wildman–Crippen LogP) is 4.94. The molecule has 0 spiro atoms. The zero-order chi connectivity index (χ0) is 16.6. The molecule has 0 amide bonds. The fourth-order valence-corrected chi connectivity index (χ4v) is 3.36. The molecule has 4 heteroatoms. The van der Waals surface area contributed by atoms with Gasteiger partial charge in [0.2, 0.25) is 0 Å². The Morgan fingerprint density at radius 1 is 0.640 bits per heavy atom. The van der Waals surface area contributed by atoms with E-state index in [9.17, 15) is 0 Å². The van der Waals surface area contributed by atoms with E-state index in [0.717, 1.165) is 5.52 Å². The summed E-state index contributed by atoms with van der Waals surface area (Å²) >= 11 is 0. The first-order valence-corrected chi connectivity index (χ1v) is 8.12. The lowest BCUT2D eigenvalue weighted by atomic mass is 9.95. The molecule has 0 bridgehead atoms. The maximum atomic E-state index is 3.91. The van der Waals surface area contributed by atoms with E-state index >= 15 is 0 Å². The molecule has 4 aromatic carbocycles. The smallest absolute Gasteiger partial charge is 0.180 e. The van der Waals surface area contributed by atoms with Crippen LogP contribution in [0.15, 0.2) is 79.5 Å². The Hall–Kier alpha value is -3.53. The van der Waals surface area contributed by atoms with Crippen LogP contribution in [0.3, 0.4) is 0 Å². The van der Waals surface area contributed by atoms with Gasteiger partial charge in [-0.2, -0.15) is 0 Å². The van der Waals surface area contributed by atoms with Crippen molar-refractivity contribution in [2.75, 3.05) is 0 Å². The van der Waals surface area contributed by atoms with Crippen LogP contribution in [0.1, 0.15) is 0 Å². The molecule has 1 N–H and O–H groups in total. The Morgan fingerprint density at radius 3 is 1.72 bits per heavy atom. The minimum atomic E-state index is 0.713. The van der Waals surface area contributed by atoms with Gasteiger partial charge in [-0.15, -0.1) is 0 Å². The summed E-state index contributed by atoms with van der Waals surface area (Å²) in [6.45, 7) is 0. The minimum Gasteiger partial charge on any atom is -0.342 e. The van der Waals surface area contributed by atoms with Crippen molar-refractivity contribution in [3.63, 3.8) is 0 Å². The normalized spacial score (nSPS) is 11.2. The number of nitrogens with one attached hydrogen (secondary N) is 1. The monoisotopic (exact) mass is 322 g/mol. The van der Waals surface area contributed by atoms with Gasteiger partial charge in [0.1, 0.15) is 11.8 Å².